The van der Waals surface area contributed by atoms with E-state index in [0.29, 0.717) is 32.5 Å². The van der Waals surface area contributed by atoms with Gasteiger partial charge in [-0.3, -0.25) is 4.79 Å². The normalized spacial score (nSPS) is 16.7. The van der Waals surface area contributed by atoms with Crippen molar-refractivity contribution in [2.75, 3.05) is 52.2 Å². The molecule has 0 bridgehead atoms. The molecule has 1 fully saturated rings. The van der Waals surface area contributed by atoms with E-state index >= 15 is 0 Å². The second-order valence-corrected chi connectivity index (χ2v) is 9.15. The number of benzene rings is 1. The molecule has 0 saturated carbocycles. The van der Waals surface area contributed by atoms with Crippen molar-refractivity contribution in [2.45, 2.75) is 19.8 Å². The fraction of sp³-hybridized carbons (Fsp3) is 0.611. The summed E-state index contributed by atoms with van der Waals surface area (Å²) in [5.41, 5.74) is 2.34. The molecule has 1 aliphatic rings. The van der Waals surface area contributed by atoms with E-state index in [1.807, 2.05) is 7.05 Å². The molecule has 1 aromatic carbocycles. The van der Waals surface area contributed by atoms with Crippen LogP contribution in [0.1, 0.15) is 18.4 Å². The molecule has 1 aliphatic heterocycles. The first kappa shape index (κ1) is 20.7. The van der Waals surface area contributed by atoms with Crippen molar-refractivity contribution >= 4 is 21.8 Å². The number of rotatable bonds is 7. The first-order valence-electron chi connectivity index (χ1n) is 8.95. The average molecular weight is 383 g/mol. The van der Waals surface area contributed by atoms with Crippen LogP contribution in [0.5, 0.6) is 0 Å². The van der Waals surface area contributed by atoms with E-state index in [1.54, 1.807) is 0 Å². The lowest BCUT2D eigenvalue weighted by molar-refractivity contribution is -0.126. The number of carbonyl (C=O) groups excluding carboxylic acids is 1. The highest BCUT2D eigenvalue weighted by molar-refractivity contribution is 7.86. The summed E-state index contributed by atoms with van der Waals surface area (Å²) in [6.07, 6.45) is 1.12. The van der Waals surface area contributed by atoms with Crippen LogP contribution in [0.3, 0.4) is 0 Å². The Morgan fingerprint density at radius 2 is 1.73 bits per heavy atom. The minimum absolute atomic E-state index is 0.0178. The van der Waals surface area contributed by atoms with Gasteiger partial charge in [0, 0.05) is 58.9 Å². The first-order valence-corrected chi connectivity index (χ1v) is 10.3. The Labute approximate surface area is 157 Å². The molecule has 1 aromatic rings. The van der Waals surface area contributed by atoms with Crippen molar-refractivity contribution < 1.29 is 13.2 Å². The molecular weight excluding hydrogens is 352 g/mol. The van der Waals surface area contributed by atoms with E-state index in [0.717, 1.165) is 12.2 Å². The van der Waals surface area contributed by atoms with Crippen LogP contribution in [0.15, 0.2) is 24.3 Å². The molecule has 8 heteroatoms. The maximum atomic E-state index is 12.3. The number of hydrogen-bond acceptors (Lipinski definition) is 4. The molecule has 7 nitrogen and oxygen atoms in total. The number of carbonyl (C=O) groups is 1. The number of aryl methyl sites for hydroxylation is 1. The molecule has 1 saturated heterocycles. The Morgan fingerprint density at radius 3 is 2.27 bits per heavy atom. The Kier molecular flexibility index (Phi) is 7.02. The molecule has 1 N–H and O–H groups in total. The van der Waals surface area contributed by atoms with E-state index in [-0.39, 0.29) is 11.8 Å². The average Bonchev–Trinajstić information content (AvgIpc) is 2.62. The summed E-state index contributed by atoms with van der Waals surface area (Å²) in [6, 6.07) is 8.27. The minimum Gasteiger partial charge on any atom is -0.373 e. The number of anilines is 1. The third-order valence-electron chi connectivity index (χ3n) is 4.83. The Bertz CT molecular complexity index is 696. The van der Waals surface area contributed by atoms with E-state index in [2.05, 4.69) is 41.4 Å². The second kappa shape index (κ2) is 8.83. The maximum Gasteiger partial charge on any atom is 0.281 e. The summed E-state index contributed by atoms with van der Waals surface area (Å²) in [6.45, 7) is 4.13. The van der Waals surface area contributed by atoms with Gasteiger partial charge >= 0.3 is 0 Å². The van der Waals surface area contributed by atoms with Crippen LogP contribution in [-0.2, 0) is 15.0 Å². The van der Waals surface area contributed by atoms with Crippen LogP contribution in [-0.4, -0.2) is 70.3 Å². The highest BCUT2D eigenvalue weighted by Crippen LogP contribution is 2.20. The van der Waals surface area contributed by atoms with Gasteiger partial charge < -0.3 is 10.2 Å². The fourth-order valence-electron chi connectivity index (χ4n) is 3.00. The predicted octanol–water partition coefficient (Wildman–Crippen LogP) is 1.07. The minimum atomic E-state index is -3.38. The molecule has 0 aliphatic carbocycles. The molecule has 0 unspecified atom stereocenters. The number of hydrogen-bond donors (Lipinski definition) is 1. The largest absolute Gasteiger partial charge is 0.373 e. The van der Waals surface area contributed by atoms with Gasteiger partial charge in [0.25, 0.3) is 10.2 Å². The molecule has 146 valence electrons. The van der Waals surface area contributed by atoms with Crippen molar-refractivity contribution in [1.29, 1.82) is 0 Å². The van der Waals surface area contributed by atoms with E-state index < -0.39 is 10.2 Å². The number of amides is 1. The van der Waals surface area contributed by atoms with Gasteiger partial charge in [0.05, 0.1) is 0 Å². The molecular formula is C18H30N4O3S. The molecule has 0 atom stereocenters. The quantitative estimate of drug-likeness (QED) is 0.766. The van der Waals surface area contributed by atoms with Crippen molar-refractivity contribution in [2.24, 2.45) is 5.92 Å². The molecule has 0 radical (unpaired) electrons. The van der Waals surface area contributed by atoms with Crippen molar-refractivity contribution in [1.82, 2.24) is 13.9 Å². The van der Waals surface area contributed by atoms with Gasteiger partial charge in [-0.1, -0.05) is 17.7 Å². The molecule has 1 heterocycles. The highest BCUT2D eigenvalue weighted by Gasteiger charge is 2.32. The van der Waals surface area contributed by atoms with Crippen LogP contribution in [0.2, 0.25) is 0 Å². The van der Waals surface area contributed by atoms with Crippen LogP contribution in [0.25, 0.3) is 0 Å². The third kappa shape index (κ3) is 5.18. The summed E-state index contributed by atoms with van der Waals surface area (Å²) < 4.78 is 26.9. The summed E-state index contributed by atoms with van der Waals surface area (Å²) in [5, 5.41) is 2.98. The van der Waals surface area contributed by atoms with Crippen LogP contribution < -0.4 is 10.2 Å². The van der Waals surface area contributed by atoms with Crippen LogP contribution >= 0.6 is 0 Å². The molecule has 0 spiro atoms. The van der Waals surface area contributed by atoms with Gasteiger partial charge in [-0.25, -0.2) is 0 Å². The van der Waals surface area contributed by atoms with Crippen molar-refractivity contribution in [3.8, 4) is 0 Å². The Morgan fingerprint density at radius 1 is 1.15 bits per heavy atom. The van der Waals surface area contributed by atoms with E-state index in [4.69, 9.17) is 0 Å². The number of piperidine rings is 1. The monoisotopic (exact) mass is 382 g/mol. The third-order valence-corrected chi connectivity index (χ3v) is 6.77. The zero-order chi connectivity index (χ0) is 19.3. The van der Waals surface area contributed by atoms with Gasteiger partial charge in [-0.2, -0.15) is 17.0 Å². The van der Waals surface area contributed by atoms with E-state index in [1.165, 1.54) is 28.3 Å². The van der Waals surface area contributed by atoms with Gasteiger partial charge in [0.2, 0.25) is 5.91 Å². The molecule has 0 aromatic heterocycles. The Balaban J connectivity index is 1.75. The number of likely N-dealkylation sites (N-methyl/N-ethyl adjacent to an activating group) is 1. The van der Waals surface area contributed by atoms with Gasteiger partial charge in [0.1, 0.15) is 0 Å². The van der Waals surface area contributed by atoms with Gasteiger partial charge in [0.15, 0.2) is 0 Å². The standard InChI is InChI=1S/C18H30N4O3S/c1-15-5-7-17(8-6-15)21(4)14-11-19-18(23)16-9-12-22(13-10-16)26(24,25)20(2)3/h5-8,16H,9-14H2,1-4H3,(H,19,23). The number of nitrogens with one attached hydrogen (secondary N) is 1. The van der Waals surface area contributed by atoms with Gasteiger partial charge in [-0.05, 0) is 31.9 Å². The summed E-state index contributed by atoms with van der Waals surface area (Å²) in [4.78, 5) is 14.4. The highest BCUT2D eigenvalue weighted by atomic mass is 32.2. The van der Waals surface area contributed by atoms with Crippen LogP contribution in [0, 0.1) is 12.8 Å². The lowest BCUT2D eigenvalue weighted by Gasteiger charge is -2.32. The van der Waals surface area contributed by atoms with Crippen molar-refractivity contribution in [3.05, 3.63) is 29.8 Å². The maximum absolute atomic E-state index is 12.3. The molecule has 1 amide bonds. The molecule has 2 rings (SSSR count). The zero-order valence-corrected chi connectivity index (χ0v) is 16.9. The SMILES string of the molecule is Cc1ccc(N(C)CCNC(=O)C2CCN(S(=O)(=O)N(C)C)CC2)cc1. The number of nitrogens with zero attached hydrogens (tertiary/aromatic N) is 3. The summed E-state index contributed by atoms with van der Waals surface area (Å²) in [5.74, 6) is -0.0995. The smallest absolute Gasteiger partial charge is 0.281 e. The second-order valence-electron chi connectivity index (χ2n) is 7.01. The summed E-state index contributed by atoms with van der Waals surface area (Å²) in [7, 11) is 1.67. The van der Waals surface area contributed by atoms with Gasteiger partial charge in [-0.15, -0.1) is 0 Å². The lowest BCUT2D eigenvalue weighted by Crippen LogP contribution is -2.47. The summed E-state index contributed by atoms with van der Waals surface area (Å²) >= 11 is 0. The zero-order valence-electron chi connectivity index (χ0n) is 16.1. The lowest BCUT2D eigenvalue weighted by atomic mass is 9.97. The fourth-order valence-corrected chi connectivity index (χ4v) is 4.13. The first-order chi connectivity index (χ1) is 12.2. The van der Waals surface area contributed by atoms with Crippen molar-refractivity contribution in [3.63, 3.8) is 0 Å². The predicted molar refractivity (Wildman–Crippen MR) is 104 cm³/mol. The Hall–Kier alpha value is -1.64. The topological polar surface area (TPSA) is 73.0 Å². The van der Waals surface area contributed by atoms with Crippen LogP contribution in [0.4, 0.5) is 5.69 Å². The van der Waals surface area contributed by atoms with E-state index in [9.17, 15) is 13.2 Å². The molecule has 26 heavy (non-hydrogen) atoms.